The molecule has 0 aliphatic rings. The SMILES string of the molecule is [C-]#[N+]c1ccc2c(c1)c1ccccc1n2-c1ccc(-c2nc(-c3ccccc3)cc(-c3ccccc3)n2)cc1-c1ccccc1-n1c2ccccc2c2ccccc21. The summed E-state index contributed by atoms with van der Waals surface area (Å²) in [6.45, 7) is 7.80. The Hall–Kier alpha value is -8.07. The van der Waals surface area contributed by atoms with Crippen LogP contribution in [0.2, 0.25) is 0 Å². The maximum atomic E-state index is 7.80. The fourth-order valence-corrected chi connectivity index (χ4v) is 8.54. The predicted octanol–water partition coefficient (Wildman–Crippen LogP) is 13.9. The zero-order valence-electron chi connectivity index (χ0n) is 31.3. The van der Waals surface area contributed by atoms with E-state index in [1.807, 2.05) is 48.5 Å². The summed E-state index contributed by atoms with van der Waals surface area (Å²) in [6, 6.07) is 69.8. The number of para-hydroxylation sites is 4. The third kappa shape index (κ3) is 5.39. The standard InChI is InChI=1S/C53H33N5/c1-54-38-29-31-52-44(33-38)42-23-11-15-27-50(42)58(52)51-30-28-37(53-55-45(35-16-4-2-5-17-35)34-46(56-53)36-18-6-3-7-19-36)32-43(51)41-22-10-14-26-49(41)57-47-24-12-8-20-39(47)40-21-9-13-25-48(40)57/h2-34H. The molecule has 11 aromatic rings. The molecule has 5 nitrogen and oxygen atoms in total. The predicted molar refractivity (Wildman–Crippen MR) is 239 cm³/mol. The summed E-state index contributed by atoms with van der Waals surface area (Å²) in [6.07, 6.45) is 0. The highest BCUT2D eigenvalue weighted by Gasteiger charge is 2.22. The van der Waals surface area contributed by atoms with Crippen LogP contribution in [0.3, 0.4) is 0 Å². The molecule has 270 valence electrons. The van der Waals surface area contributed by atoms with Crippen LogP contribution >= 0.6 is 0 Å². The molecule has 0 N–H and O–H groups in total. The number of benzene rings is 8. The van der Waals surface area contributed by atoms with Crippen LogP contribution in [0, 0.1) is 6.57 Å². The monoisotopic (exact) mass is 739 g/mol. The lowest BCUT2D eigenvalue weighted by Crippen LogP contribution is -2.02. The van der Waals surface area contributed by atoms with Crippen molar-refractivity contribution >= 4 is 49.3 Å². The van der Waals surface area contributed by atoms with Crippen LogP contribution in [0.5, 0.6) is 0 Å². The number of hydrogen-bond acceptors (Lipinski definition) is 2. The minimum atomic E-state index is 0.618. The second kappa shape index (κ2) is 13.6. The van der Waals surface area contributed by atoms with Crippen molar-refractivity contribution < 1.29 is 0 Å². The van der Waals surface area contributed by atoms with E-state index in [0.29, 0.717) is 11.5 Å². The van der Waals surface area contributed by atoms with Gasteiger partial charge in [-0.25, -0.2) is 14.8 Å². The van der Waals surface area contributed by atoms with Gasteiger partial charge in [0.05, 0.1) is 51.4 Å². The molecule has 3 heterocycles. The minimum Gasteiger partial charge on any atom is -0.309 e. The topological polar surface area (TPSA) is 40.0 Å². The summed E-state index contributed by atoms with van der Waals surface area (Å²) in [5.41, 5.74) is 13.9. The zero-order valence-corrected chi connectivity index (χ0v) is 31.3. The van der Waals surface area contributed by atoms with Crippen molar-refractivity contribution in [3.05, 3.63) is 212 Å². The van der Waals surface area contributed by atoms with Gasteiger partial charge in [-0.2, -0.15) is 0 Å². The van der Waals surface area contributed by atoms with E-state index < -0.39 is 0 Å². The number of aromatic nitrogens is 4. The van der Waals surface area contributed by atoms with Crippen molar-refractivity contribution in [1.29, 1.82) is 0 Å². The van der Waals surface area contributed by atoms with Crippen molar-refractivity contribution in [2.75, 3.05) is 0 Å². The highest BCUT2D eigenvalue weighted by atomic mass is 15.0. The molecular formula is C53H33N5. The third-order valence-electron chi connectivity index (χ3n) is 11.2. The second-order valence-electron chi connectivity index (χ2n) is 14.5. The Morgan fingerprint density at radius 1 is 0.362 bits per heavy atom. The smallest absolute Gasteiger partial charge is 0.188 e. The fraction of sp³-hybridized carbons (Fsp3) is 0. The molecule has 0 unspecified atom stereocenters. The second-order valence-corrected chi connectivity index (χ2v) is 14.5. The van der Waals surface area contributed by atoms with E-state index in [0.717, 1.165) is 83.4 Å². The molecule has 0 fully saturated rings. The van der Waals surface area contributed by atoms with Gasteiger partial charge in [0.2, 0.25) is 0 Å². The van der Waals surface area contributed by atoms with Gasteiger partial charge in [-0.15, -0.1) is 0 Å². The first-order valence-electron chi connectivity index (χ1n) is 19.4. The number of fused-ring (bicyclic) bond motifs is 6. The van der Waals surface area contributed by atoms with E-state index in [1.165, 1.54) is 10.8 Å². The summed E-state index contributed by atoms with van der Waals surface area (Å²) < 4.78 is 4.74. The molecule has 5 heteroatoms. The molecule has 0 spiro atoms. The van der Waals surface area contributed by atoms with Gasteiger partial charge in [0.15, 0.2) is 11.5 Å². The molecule has 11 rings (SSSR count). The number of hydrogen-bond donors (Lipinski definition) is 0. The van der Waals surface area contributed by atoms with Crippen molar-refractivity contribution in [1.82, 2.24) is 19.1 Å². The summed E-state index contributed by atoms with van der Waals surface area (Å²) in [5.74, 6) is 0.645. The fourth-order valence-electron chi connectivity index (χ4n) is 8.54. The van der Waals surface area contributed by atoms with Crippen LogP contribution in [0.1, 0.15) is 0 Å². The first-order chi connectivity index (χ1) is 28.7. The molecule has 0 saturated carbocycles. The summed E-state index contributed by atoms with van der Waals surface area (Å²) >= 11 is 0. The maximum Gasteiger partial charge on any atom is 0.188 e. The molecule has 58 heavy (non-hydrogen) atoms. The van der Waals surface area contributed by atoms with Crippen LogP contribution in [0.25, 0.3) is 105 Å². The van der Waals surface area contributed by atoms with Crippen LogP contribution in [0.15, 0.2) is 200 Å². The summed E-state index contributed by atoms with van der Waals surface area (Å²) in [7, 11) is 0. The molecule has 3 aromatic heterocycles. The molecule has 0 bridgehead atoms. The van der Waals surface area contributed by atoms with Gasteiger partial charge in [-0.3, -0.25) is 0 Å². The molecule has 0 radical (unpaired) electrons. The number of rotatable bonds is 6. The third-order valence-corrected chi connectivity index (χ3v) is 11.2. The van der Waals surface area contributed by atoms with Crippen LogP contribution in [0.4, 0.5) is 5.69 Å². The first kappa shape index (κ1) is 33.3. The van der Waals surface area contributed by atoms with Crippen molar-refractivity contribution in [3.63, 3.8) is 0 Å². The lowest BCUT2D eigenvalue weighted by atomic mass is 9.97. The van der Waals surface area contributed by atoms with Crippen molar-refractivity contribution in [3.8, 4) is 56.4 Å². The highest BCUT2D eigenvalue weighted by Crippen LogP contribution is 2.42. The average molecular weight is 740 g/mol. The summed E-state index contributed by atoms with van der Waals surface area (Å²) in [5, 5.41) is 4.56. The van der Waals surface area contributed by atoms with E-state index in [4.69, 9.17) is 16.5 Å². The van der Waals surface area contributed by atoms with E-state index in [1.54, 1.807) is 0 Å². The molecule has 0 amide bonds. The quantitative estimate of drug-likeness (QED) is 0.159. The molecule has 0 saturated heterocycles. The number of nitrogens with zero attached hydrogens (tertiary/aromatic N) is 5. The van der Waals surface area contributed by atoms with Crippen molar-refractivity contribution in [2.45, 2.75) is 0 Å². The van der Waals surface area contributed by atoms with Gasteiger partial charge in [-0.1, -0.05) is 140 Å². The Balaban J connectivity index is 1.23. The minimum absolute atomic E-state index is 0.618. The Morgan fingerprint density at radius 2 is 0.845 bits per heavy atom. The van der Waals surface area contributed by atoms with Gasteiger partial charge >= 0.3 is 0 Å². The molecule has 0 atom stereocenters. The molecule has 0 aliphatic carbocycles. The van der Waals surface area contributed by atoms with E-state index in [9.17, 15) is 0 Å². The van der Waals surface area contributed by atoms with Gasteiger partial charge in [0.25, 0.3) is 0 Å². The van der Waals surface area contributed by atoms with Crippen molar-refractivity contribution in [2.24, 2.45) is 0 Å². The zero-order chi connectivity index (χ0) is 38.6. The van der Waals surface area contributed by atoms with Gasteiger partial charge in [-0.05, 0) is 66.0 Å². The Morgan fingerprint density at radius 3 is 1.43 bits per heavy atom. The Kier molecular flexibility index (Phi) is 7.80. The Labute approximate surface area is 335 Å². The van der Waals surface area contributed by atoms with E-state index in [2.05, 4.69) is 166 Å². The van der Waals surface area contributed by atoms with E-state index >= 15 is 0 Å². The molecular weight excluding hydrogens is 707 g/mol. The van der Waals surface area contributed by atoms with Crippen LogP contribution < -0.4 is 0 Å². The van der Waals surface area contributed by atoms with Crippen LogP contribution in [-0.4, -0.2) is 19.1 Å². The largest absolute Gasteiger partial charge is 0.309 e. The van der Waals surface area contributed by atoms with Gasteiger partial charge in [0.1, 0.15) is 0 Å². The van der Waals surface area contributed by atoms with Gasteiger partial charge < -0.3 is 9.13 Å². The lowest BCUT2D eigenvalue weighted by molar-refractivity contribution is 1.15. The molecule has 8 aromatic carbocycles. The first-order valence-corrected chi connectivity index (χ1v) is 19.4. The van der Waals surface area contributed by atoms with Gasteiger partial charge in [0, 0.05) is 44.0 Å². The average Bonchev–Trinajstić information content (AvgIpc) is 3.81. The Bertz CT molecular complexity index is 3290. The summed E-state index contributed by atoms with van der Waals surface area (Å²) in [4.78, 5) is 14.3. The van der Waals surface area contributed by atoms with Crippen LogP contribution in [-0.2, 0) is 0 Å². The lowest BCUT2D eigenvalue weighted by Gasteiger charge is -2.19. The van der Waals surface area contributed by atoms with E-state index in [-0.39, 0.29) is 0 Å². The highest BCUT2D eigenvalue weighted by molar-refractivity contribution is 6.12. The maximum absolute atomic E-state index is 7.80. The molecule has 0 aliphatic heterocycles. The normalized spacial score (nSPS) is 11.4.